The number of halogens is 1. The number of nitrogens with zero attached hydrogens (tertiary/aromatic N) is 4. The van der Waals surface area contributed by atoms with Crippen LogP contribution >= 0.6 is 23.4 Å². The Balaban J connectivity index is 1.47. The van der Waals surface area contributed by atoms with Gasteiger partial charge in [-0.3, -0.25) is 9.59 Å². The van der Waals surface area contributed by atoms with E-state index in [1.54, 1.807) is 12.1 Å². The predicted molar refractivity (Wildman–Crippen MR) is 131 cm³/mol. The third kappa shape index (κ3) is 5.07. The predicted octanol–water partition coefficient (Wildman–Crippen LogP) is 4.97. The SMILES string of the molecule is CCn1c(SCC(=O)Nc2ccccc2C)nnc1C1CCCN1C(=O)c1ccccc1Cl. The van der Waals surface area contributed by atoms with E-state index in [2.05, 4.69) is 15.5 Å². The van der Waals surface area contributed by atoms with Gasteiger partial charge in [0, 0.05) is 18.8 Å². The summed E-state index contributed by atoms with van der Waals surface area (Å²) in [6.45, 7) is 5.26. The minimum atomic E-state index is -0.170. The summed E-state index contributed by atoms with van der Waals surface area (Å²) in [5.41, 5.74) is 2.32. The molecule has 4 rings (SSSR count). The van der Waals surface area contributed by atoms with Crippen LogP contribution in [0, 0.1) is 6.92 Å². The first-order chi connectivity index (χ1) is 16.0. The topological polar surface area (TPSA) is 80.1 Å². The van der Waals surface area contributed by atoms with E-state index < -0.39 is 0 Å². The smallest absolute Gasteiger partial charge is 0.255 e. The number of carbonyl (C=O) groups excluding carboxylic acids is 2. The van der Waals surface area contributed by atoms with Gasteiger partial charge in [0.1, 0.15) is 0 Å². The summed E-state index contributed by atoms with van der Waals surface area (Å²) < 4.78 is 1.99. The Bertz CT molecular complexity index is 1170. The van der Waals surface area contributed by atoms with Crippen LogP contribution < -0.4 is 5.32 Å². The van der Waals surface area contributed by atoms with Gasteiger partial charge in [-0.25, -0.2) is 0 Å². The molecule has 0 aliphatic carbocycles. The van der Waals surface area contributed by atoms with Gasteiger partial charge in [0.05, 0.1) is 22.4 Å². The minimum absolute atomic E-state index is 0.0967. The van der Waals surface area contributed by atoms with E-state index in [-0.39, 0.29) is 23.6 Å². The molecular weight excluding hydrogens is 458 g/mol. The number of likely N-dealkylation sites (tertiary alicyclic amines) is 1. The second-order valence-electron chi connectivity index (χ2n) is 7.87. The fourth-order valence-corrected chi connectivity index (χ4v) is 5.07. The highest BCUT2D eigenvalue weighted by Gasteiger charge is 2.35. The molecule has 2 aromatic carbocycles. The molecule has 9 heteroatoms. The summed E-state index contributed by atoms with van der Waals surface area (Å²) in [6, 6.07) is 14.6. The first kappa shape index (κ1) is 23.3. The zero-order chi connectivity index (χ0) is 23.4. The molecule has 1 saturated heterocycles. The Morgan fingerprint density at radius 2 is 1.91 bits per heavy atom. The zero-order valence-electron chi connectivity index (χ0n) is 18.6. The van der Waals surface area contributed by atoms with E-state index in [4.69, 9.17) is 11.6 Å². The first-order valence-corrected chi connectivity index (χ1v) is 12.3. The molecule has 7 nitrogen and oxygen atoms in total. The van der Waals surface area contributed by atoms with Crippen molar-refractivity contribution >= 4 is 40.9 Å². The summed E-state index contributed by atoms with van der Waals surface area (Å²) in [5.74, 6) is 0.773. The average Bonchev–Trinajstić information content (AvgIpc) is 3.45. The van der Waals surface area contributed by atoms with Gasteiger partial charge in [0.2, 0.25) is 5.91 Å². The lowest BCUT2D eigenvalue weighted by atomic mass is 10.1. The number of hydrogen-bond acceptors (Lipinski definition) is 5. The Labute approximate surface area is 202 Å². The Hall–Kier alpha value is -2.84. The monoisotopic (exact) mass is 483 g/mol. The number of aryl methyl sites for hydroxylation is 1. The molecule has 0 bridgehead atoms. The standard InChI is InChI=1S/C24H26ClN5O2S/c1-3-29-22(20-13-8-14-30(20)23(32)17-10-5-6-11-18(17)25)27-28-24(29)33-15-21(31)26-19-12-7-4-9-16(19)2/h4-7,9-12,20H,3,8,13-15H2,1-2H3,(H,26,31). The summed E-state index contributed by atoms with van der Waals surface area (Å²) in [4.78, 5) is 27.5. The van der Waals surface area contributed by atoms with Crippen LogP contribution in [0.5, 0.6) is 0 Å². The Morgan fingerprint density at radius 3 is 2.67 bits per heavy atom. The van der Waals surface area contributed by atoms with Crippen molar-refractivity contribution in [2.24, 2.45) is 0 Å². The second-order valence-corrected chi connectivity index (χ2v) is 9.22. The van der Waals surface area contributed by atoms with Gasteiger partial charge in [-0.15, -0.1) is 10.2 Å². The lowest BCUT2D eigenvalue weighted by Gasteiger charge is -2.25. The summed E-state index contributed by atoms with van der Waals surface area (Å²) >= 11 is 7.62. The number of aromatic nitrogens is 3. The third-order valence-electron chi connectivity index (χ3n) is 5.73. The van der Waals surface area contributed by atoms with Gasteiger partial charge in [-0.1, -0.05) is 53.7 Å². The van der Waals surface area contributed by atoms with Crippen LogP contribution in [-0.2, 0) is 11.3 Å². The van der Waals surface area contributed by atoms with Crippen molar-refractivity contribution in [2.45, 2.75) is 44.4 Å². The van der Waals surface area contributed by atoms with Gasteiger partial charge < -0.3 is 14.8 Å². The van der Waals surface area contributed by atoms with Gasteiger partial charge in [-0.05, 0) is 50.5 Å². The number of thioether (sulfide) groups is 1. The summed E-state index contributed by atoms with van der Waals surface area (Å²) in [5, 5.41) is 12.8. The van der Waals surface area contributed by atoms with Crippen LogP contribution in [0.4, 0.5) is 5.69 Å². The molecule has 2 heterocycles. The highest BCUT2D eigenvalue weighted by atomic mass is 35.5. The molecule has 1 fully saturated rings. The zero-order valence-corrected chi connectivity index (χ0v) is 20.2. The molecule has 1 aromatic heterocycles. The van der Waals surface area contributed by atoms with Crippen molar-refractivity contribution in [1.29, 1.82) is 0 Å². The highest BCUT2D eigenvalue weighted by Crippen LogP contribution is 2.34. The van der Waals surface area contributed by atoms with Gasteiger partial charge in [0.25, 0.3) is 5.91 Å². The molecule has 3 aromatic rings. The van der Waals surface area contributed by atoms with Crippen molar-refractivity contribution in [3.63, 3.8) is 0 Å². The first-order valence-electron chi connectivity index (χ1n) is 11.0. The van der Waals surface area contributed by atoms with Crippen LogP contribution in [0.3, 0.4) is 0 Å². The summed E-state index contributed by atoms with van der Waals surface area (Å²) in [7, 11) is 0. The fraction of sp³-hybridized carbons (Fsp3) is 0.333. The van der Waals surface area contributed by atoms with Crippen LogP contribution in [0.1, 0.15) is 47.6 Å². The molecule has 1 aliphatic heterocycles. The van der Waals surface area contributed by atoms with Crippen LogP contribution in [0.25, 0.3) is 0 Å². The molecule has 33 heavy (non-hydrogen) atoms. The number of amides is 2. The maximum Gasteiger partial charge on any atom is 0.255 e. The second kappa shape index (κ2) is 10.4. The largest absolute Gasteiger partial charge is 0.328 e. The van der Waals surface area contributed by atoms with E-state index in [9.17, 15) is 9.59 Å². The van der Waals surface area contributed by atoms with Crippen molar-refractivity contribution < 1.29 is 9.59 Å². The Morgan fingerprint density at radius 1 is 1.15 bits per heavy atom. The lowest BCUT2D eigenvalue weighted by Crippen LogP contribution is -2.32. The Kier molecular flexibility index (Phi) is 7.35. The molecule has 0 radical (unpaired) electrons. The van der Waals surface area contributed by atoms with E-state index in [1.165, 1.54) is 11.8 Å². The molecule has 1 N–H and O–H groups in total. The van der Waals surface area contributed by atoms with Crippen LogP contribution in [0.2, 0.25) is 5.02 Å². The fourth-order valence-electron chi connectivity index (χ4n) is 4.05. The number of carbonyl (C=O) groups is 2. The van der Waals surface area contributed by atoms with Crippen LogP contribution in [0.15, 0.2) is 53.7 Å². The molecule has 0 spiro atoms. The van der Waals surface area contributed by atoms with E-state index in [1.807, 2.05) is 59.7 Å². The molecule has 1 atom stereocenters. The highest BCUT2D eigenvalue weighted by molar-refractivity contribution is 7.99. The van der Waals surface area contributed by atoms with E-state index >= 15 is 0 Å². The summed E-state index contributed by atoms with van der Waals surface area (Å²) in [6.07, 6.45) is 1.70. The van der Waals surface area contributed by atoms with Crippen molar-refractivity contribution in [2.75, 3.05) is 17.6 Å². The third-order valence-corrected chi connectivity index (χ3v) is 7.03. The number of para-hydroxylation sites is 1. The van der Waals surface area contributed by atoms with Crippen LogP contribution in [-0.4, -0.2) is 43.8 Å². The van der Waals surface area contributed by atoms with E-state index in [0.29, 0.717) is 28.8 Å². The number of benzene rings is 2. The van der Waals surface area contributed by atoms with Crippen molar-refractivity contribution in [3.05, 3.63) is 70.5 Å². The average molecular weight is 484 g/mol. The van der Waals surface area contributed by atoms with Crippen molar-refractivity contribution in [3.8, 4) is 0 Å². The van der Waals surface area contributed by atoms with Gasteiger partial charge in [0.15, 0.2) is 11.0 Å². The number of anilines is 1. The maximum absolute atomic E-state index is 13.2. The normalized spacial score (nSPS) is 15.6. The maximum atomic E-state index is 13.2. The quantitative estimate of drug-likeness (QED) is 0.480. The minimum Gasteiger partial charge on any atom is -0.328 e. The molecule has 1 unspecified atom stereocenters. The molecule has 172 valence electrons. The molecule has 0 saturated carbocycles. The van der Waals surface area contributed by atoms with Crippen molar-refractivity contribution in [1.82, 2.24) is 19.7 Å². The molecular formula is C24H26ClN5O2S. The van der Waals surface area contributed by atoms with E-state index in [0.717, 1.165) is 29.9 Å². The number of nitrogens with one attached hydrogen (secondary N) is 1. The number of hydrogen-bond donors (Lipinski definition) is 1. The molecule has 1 aliphatic rings. The number of rotatable bonds is 7. The van der Waals surface area contributed by atoms with Gasteiger partial charge in [-0.2, -0.15) is 0 Å². The molecule has 2 amide bonds. The lowest BCUT2D eigenvalue weighted by molar-refractivity contribution is -0.113. The van der Waals surface area contributed by atoms with Gasteiger partial charge >= 0.3 is 0 Å².